The number of aryl methyl sites for hydroxylation is 1. The zero-order valence-corrected chi connectivity index (χ0v) is 11.5. The molecule has 1 aromatic heterocycles. The third-order valence-corrected chi connectivity index (χ3v) is 4.33. The van der Waals surface area contributed by atoms with Crippen LogP contribution in [-0.4, -0.2) is 9.78 Å². The van der Waals surface area contributed by atoms with Gasteiger partial charge in [-0.3, -0.25) is 0 Å². The van der Waals surface area contributed by atoms with Crippen molar-refractivity contribution < 1.29 is 0 Å². The van der Waals surface area contributed by atoms with E-state index < -0.39 is 0 Å². The van der Waals surface area contributed by atoms with Crippen LogP contribution in [-0.2, 0) is 0 Å². The molecule has 0 bridgehead atoms. The smallest absolute Gasteiger partial charge is 0.124 e. The molecule has 0 amide bonds. The lowest BCUT2D eigenvalue weighted by atomic mass is 9.74. The molecule has 0 aromatic carbocycles. The van der Waals surface area contributed by atoms with Crippen LogP contribution in [0.15, 0.2) is 6.20 Å². The lowest BCUT2D eigenvalue weighted by molar-refractivity contribution is 0.141. The maximum Gasteiger partial charge on any atom is 0.124 e. The first-order chi connectivity index (χ1) is 8.00. The van der Waals surface area contributed by atoms with Gasteiger partial charge in [0.05, 0.1) is 12.2 Å². The van der Waals surface area contributed by atoms with E-state index in [9.17, 15) is 0 Å². The Labute approximate surface area is 104 Å². The zero-order valence-electron chi connectivity index (χ0n) is 11.5. The van der Waals surface area contributed by atoms with Gasteiger partial charge in [0.15, 0.2) is 0 Å². The second-order valence-electron chi connectivity index (χ2n) is 6.05. The van der Waals surface area contributed by atoms with Crippen molar-refractivity contribution in [3.05, 3.63) is 11.8 Å². The molecule has 1 saturated carbocycles. The van der Waals surface area contributed by atoms with Crippen molar-refractivity contribution in [2.24, 2.45) is 17.8 Å². The minimum Gasteiger partial charge on any atom is -0.384 e. The van der Waals surface area contributed by atoms with Gasteiger partial charge in [0.25, 0.3) is 0 Å². The molecule has 1 fully saturated rings. The van der Waals surface area contributed by atoms with Gasteiger partial charge in [-0.15, -0.1) is 0 Å². The fourth-order valence-corrected chi connectivity index (χ4v) is 3.16. The summed E-state index contributed by atoms with van der Waals surface area (Å²) in [6.07, 6.45) is 5.77. The van der Waals surface area contributed by atoms with Crippen LogP contribution < -0.4 is 5.73 Å². The number of aromatic nitrogens is 2. The molecule has 3 heteroatoms. The molecule has 1 aliphatic rings. The third kappa shape index (κ3) is 2.33. The molecule has 1 heterocycles. The van der Waals surface area contributed by atoms with Gasteiger partial charge in [0.1, 0.15) is 5.82 Å². The summed E-state index contributed by atoms with van der Waals surface area (Å²) >= 11 is 0. The maximum absolute atomic E-state index is 6.14. The number of hydrogen-bond donors (Lipinski definition) is 1. The Morgan fingerprint density at radius 2 is 2.12 bits per heavy atom. The highest BCUT2D eigenvalue weighted by Gasteiger charge is 2.33. The Bertz CT molecular complexity index is 381. The molecule has 0 radical (unpaired) electrons. The van der Waals surface area contributed by atoms with Crippen molar-refractivity contribution in [3.8, 4) is 0 Å². The summed E-state index contributed by atoms with van der Waals surface area (Å²) in [4.78, 5) is 0. The van der Waals surface area contributed by atoms with Crippen LogP contribution in [0, 0.1) is 24.7 Å². The molecule has 1 aromatic rings. The molecule has 3 unspecified atom stereocenters. The van der Waals surface area contributed by atoms with E-state index in [2.05, 4.69) is 30.6 Å². The molecule has 2 rings (SSSR count). The van der Waals surface area contributed by atoms with E-state index in [-0.39, 0.29) is 0 Å². The van der Waals surface area contributed by atoms with Crippen molar-refractivity contribution in [2.75, 3.05) is 5.73 Å². The van der Waals surface area contributed by atoms with Crippen molar-refractivity contribution in [1.29, 1.82) is 0 Å². The summed E-state index contributed by atoms with van der Waals surface area (Å²) in [6, 6.07) is 0.493. The highest BCUT2D eigenvalue weighted by Crippen LogP contribution is 2.41. The summed E-state index contributed by atoms with van der Waals surface area (Å²) in [6.45, 7) is 9.02. The second-order valence-corrected chi connectivity index (χ2v) is 6.05. The summed E-state index contributed by atoms with van der Waals surface area (Å²) in [5.74, 6) is 3.07. The average Bonchev–Trinajstić information content (AvgIpc) is 2.59. The highest BCUT2D eigenvalue weighted by atomic mass is 15.3. The second kappa shape index (κ2) is 4.71. The van der Waals surface area contributed by atoms with Gasteiger partial charge >= 0.3 is 0 Å². The molecule has 0 spiro atoms. The van der Waals surface area contributed by atoms with Crippen LogP contribution in [0.4, 0.5) is 5.82 Å². The minimum absolute atomic E-state index is 0.493. The molecule has 0 saturated heterocycles. The molecule has 2 N–H and O–H groups in total. The van der Waals surface area contributed by atoms with Crippen molar-refractivity contribution in [2.45, 2.75) is 53.0 Å². The van der Waals surface area contributed by atoms with Crippen molar-refractivity contribution >= 4 is 5.82 Å². The summed E-state index contributed by atoms with van der Waals surface area (Å²) in [5, 5.41) is 4.50. The van der Waals surface area contributed by atoms with E-state index in [0.717, 1.165) is 17.3 Å². The topological polar surface area (TPSA) is 43.8 Å². The van der Waals surface area contributed by atoms with E-state index in [0.29, 0.717) is 17.9 Å². The van der Waals surface area contributed by atoms with Crippen LogP contribution in [0.25, 0.3) is 0 Å². The minimum atomic E-state index is 0.493. The number of nitrogens with zero attached hydrogens (tertiary/aromatic N) is 2. The Morgan fingerprint density at radius 1 is 1.41 bits per heavy atom. The first-order valence-electron chi connectivity index (χ1n) is 6.80. The van der Waals surface area contributed by atoms with Crippen LogP contribution in [0.2, 0.25) is 0 Å². The molecule has 1 aliphatic carbocycles. The van der Waals surface area contributed by atoms with E-state index >= 15 is 0 Å². The fourth-order valence-electron chi connectivity index (χ4n) is 3.16. The average molecular weight is 235 g/mol. The number of anilines is 1. The predicted octanol–water partition coefficient (Wildman–Crippen LogP) is 3.41. The summed E-state index contributed by atoms with van der Waals surface area (Å²) in [7, 11) is 0. The lowest BCUT2D eigenvalue weighted by Crippen LogP contribution is -2.31. The van der Waals surface area contributed by atoms with E-state index in [1.807, 2.05) is 13.1 Å². The Kier molecular flexibility index (Phi) is 3.45. The van der Waals surface area contributed by atoms with E-state index in [1.165, 1.54) is 19.3 Å². The Hall–Kier alpha value is -0.990. The molecule has 3 nitrogen and oxygen atoms in total. The number of hydrogen-bond acceptors (Lipinski definition) is 2. The standard InChI is InChI=1S/C14H25N3/c1-9(2)12-6-5-10(3)7-13(12)17-14(15)11(4)8-16-17/h8-10,12-13H,5-7,15H2,1-4H3. The first-order valence-corrected chi connectivity index (χ1v) is 6.80. The van der Waals surface area contributed by atoms with Gasteiger partial charge in [0.2, 0.25) is 0 Å². The van der Waals surface area contributed by atoms with Crippen molar-refractivity contribution in [1.82, 2.24) is 9.78 Å². The molecule has 0 aliphatic heterocycles. The SMILES string of the molecule is Cc1cnn(C2CC(C)CCC2C(C)C)c1N. The number of nitrogen functional groups attached to an aromatic ring is 1. The lowest BCUT2D eigenvalue weighted by Gasteiger charge is -2.37. The fraction of sp³-hybridized carbons (Fsp3) is 0.786. The van der Waals surface area contributed by atoms with Crippen molar-refractivity contribution in [3.63, 3.8) is 0 Å². The van der Waals surface area contributed by atoms with Crippen LogP contribution in [0.5, 0.6) is 0 Å². The Balaban J connectivity index is 2.29. The third-order valence-electron chi connectivity index (χ3n) is 4.33. The summed E-state index contributed by atoms with van der Waals surface area (Å²) < 4.78 is 2.08. The highest BCUT2D eigenvalue weighted by molar-refractivity contribution is 5.37. The molecule has 3 atom stereocenters. The molecule has 96 valence electrons. The van der Waals surface area contributed by atoms with Crippen LogP contribution in [0.1, 0.15) is 51.6 Å². The van der Waals surface area contributed by atoms with Gasteiger partial charge in [0, 0.05) is 5.56 Å². The van der Waals surface area contributed by atoms with Crippen LogP contribution >= 0.6 is 0 Å². The number of nitrogens with two attached hydrogens (primary N) is 1. The van der Waals surface area contributed by atoms with E-state index in [1.54, 1.807) is 0 Å². The van der Waals surface area contributed by atoms with Gasteiger partial charge in [-0.25, -0.2) is 4.68 Å². The first kappa shape index (κ1) is 12.5. The monoisotopic (exact) mass is 235 g/mol. The molecular formula is C14H25N3. The van der Waals surface area contributed by atoms with Crippen LogP contribution in [0.3, 0.4) is 0 Å². The predicted molar refractivity (Wildman–Crippen MR) is 71.8 cm³/mol. The van der Waals surface area contributed by atoms with Gasteiger partial charge < -0.3 is 5.73 Å². The quantitative estimate of drug-likeness (QED) is 0.853. The largest absolute Gasteiger partial charge is 0.384 e. The van der Waals surface area contributed by atoms with E-state index in [4.69, 9.17) is 5.73 Å². The maximum atomic E-state index is 6.14. The van der Waals surface area contributed by atoms with Gasteiger partial charge in [-0.1, -0.05) is 27.2 Å². The number of rotatable bonds is 2. The normalized spacial score (nSPS) is 29.8. The molecular weight excluding hydrogens is 210 g/mol. The molecule has 17 heavy (non-hydrogen) atoms. The zero-order chi connectivity index (χ0) is 12.6. The Morgan fingerprint density at radius 3 is 2.65 bits per heavy atom. The van der Waals surface area contributed by atoms with Gasteiger partial charge in [-0.2, -0.15) is 5.10 Å². The van der Waals surface area contributed by atoms with Gasteiger partial charge in [-0.05, 0) is 37.5 Å². The summed E-state index contributed by atoms with van der Waals surface area (Å²) in [5.41, 5.74) is 7.24.